The smallest absolute Gasteiger partial charge is 0.311 e. The average Bonchev–Trinajstić information content (AvgIpc) is 3.15. The summed E-state index contributed by atoms with van der Waals surface area (Å²) >= 11 is 0. The van der Waals surface area contributed by atoms with Crippen LogP contribution in [0, 0.1) is 5.92 Å². The van der Waals surface area contributed by atoms with Gasteiger partial charge in [0.25, 0.3) is 0 Å². The van der Waals surface area contributed by atoms with Crippen molar-refractivity contribution in [2.45, 2.75) is 50.5 Å². The van der Waals surface area contributed by atoms with Gasteiger partial charge >= 0.3 is 5.97 Å². The quantitative estimate of drug-likeness (QED) is 0.578. The lowest BCUT2D eigenvalue weighted by Crippen LogP contribution is -2.31. The van der Waals surface area contributed by atoms with Crippen LogP contribution in [-0.2, 0) is 29.1 Å². The normalized spacial score (nSPS) is 22.5. The summed E-state index contributed by atoms with van der Waals surface area (Å²) in [6.45, 7) is 5.50. The first-order valence-electron chi connectivity index (χ1n) is 10.6. The Morgan fingerprint density at radius 3 is 2.50 bits per heavy atom. The second-order valence-corrected chi connectivity index (χ2v) is 9.55. The molecule has 9 heteroatoms. The van der Waals surface area contributed by atoms with Crippen LogP contribution in [0.1, 0.15) is 39.5 Å². The van der Waals surface area contributed by atoms with Crippen molar-refractivity contribution >= 4 is 27.6 Å². The molecule has 2 fully saturated rings. The van der Waals surface area contributed by atoms with Crippen LogP contribution in [0.3, 0.4) is 0 Å². The summed E-state index contributed by atoms with van der Waals surface area (Å²) in [5.41, 5.74) is 0.574. The molecule has 0 aliphatic carbocycles. The number of anilines is 1. The molecule has 166 valence electrons. The fourth-order valence-corrected chi connectivity index (χ4v) is 5.32. The van der Waals surface area contributed by atoms with Gasteiger partial charge in [-0.05, 0) is 43.5 Å². The molecule has 0 aromatic heterocycles. The van der Waals surface area contributed by atoms with E-state index in [1.54, 1.807) is 26.0 Å². The minimum absolute atomic E-state index is 0.0591. The molecule has 2 saturated heterocycles. The highest BCUT2D eigenvalue weighted by Crippen LogP contribution is 2.28. The van der Waals surface area contributed by atoms with Crippen LogP contribution in [0.2, 0.25) is 0 Å². The van der Waals surface area contributed by atoms with Crippen LogP contribution >= 0.6 is 0 Å². The van der Waals surface area contributed by atoms with Crippen molar-refractivity contribution in [2.75, 3.05) is 37.7 Å². The molecular weight excluding hydrogens is 408 g/mol. The van der Waals surface area contributed by atoms with Gasteiger partial charge in [-0.3, -0.25) is 9.59 Å². The third kappa shape index (κ3) is 5.01. The number of nitrogens with zero attached hydrogens (tertiary/aromatic N) is 2. The number of hydrogen-bond donors (Lipinski definition) is 0. The topological polar surface area (TPSA) is 93.2 Å². The second-order valence-electron chi connectivity index (χ2n) is 7.61. The molecular formula is C21H30N2O6S. The molecule has 8 nitrogen and oxygen atoms in total. The van der Waals surface area contributed by atoms with Crippen LogP contribution in [0.5, 0.6) is 0 Å². The summed E-state index contributed by atoms with van der Waals surface area (Å²) in [5, 5.41) is 0. The maximum Gasteiger partial charge on any atom is 0.311 e. The van der Waals surface area contributed by atoms with E-state index in [2.05, 4.69) is 0 Å². The van der Waals surface area contributed by atoms with E-state index < -0.39 is 15.9 Å². The molecule has 0 saturated carbocycles. The van der Waals surface area contributed by atoms with Gasteiger partial charge in [-0.1, -0.05) is 13.8 Å². The van der Waals surface area contributed by atoms with Crippen molar-refractivity contribution in [1.82, 2.24) is 4.31 Å². The molecule has 30 heavy (non-hydrogen) atoms. The standard InChI is InChI=1S/C21H30N2O6S/c1-3-22(4-2)30(26,27)19-10-8-17(9-11-19)23-14-16(13-20(23)24)21(25)29-15-18-7-5-6-12-28-18/h8-11,16,18H,3-7,12-15H2,1-2H3. The number of esters is 1. The summed E-state index contributed by atoms with van der Waals surface area (Å²) in [6, 6.07) is 6.22. The molecule has 2 heterocycles. The molecule has 2 atom stereocenters. The lowest BCUT2D eigenvalue weighted by Gasteiger charge is -2.23. The minimum atomic E-state index is -3.55. The Hall–Kier alpha value is -1.97. The summed E-state index contributed by atoms with van der Waals surface area (Å²) in [6.07, 6.45) is 3.01. The predicted octanol–water partition coefficient (Wildman–Crippen LogP) is 2.18. The number of carbonyl (C=O) groups excluding carboxylic acids is 2. The third-order valence-corrected chi connectivity index (χ3v) is 7.70. The van der Waals surface area contributed by atoms with Crippen molar-refractivity contribution in [3.05, 3.63) is 24.3 Å². The fraction of sp³-hybridized carbons (Fsp3) is 0.619. The number of carbonyl (C=O) groups is 2. The van der Waals surface area contributed by atoms with Gasteiger partial charge in [0.05, 0.1) is 16.9 Å². The number of amides is 1. The van der Waals surface area contributed by atoms with Crippen molar-refractivity contribution in [1.29, 1.82) is 0 Å². The van der Waals surface area contributed by atoms with E-state index in [0.717, 1.165) is 19.3 Å². The Kier molecular flexibility index (Phi) is 7.49. The molecule has 2 unspecified atom stereocenters. The van der Waals surface area contributed by atoms with E-state index in [9.17, 15) is 18.0 Å². The highest BCUT2D eigenvalue weighted by atomic mass is 32.2. The van der Waals surface area contributed by atoms with Gasteiger partial charge in [0.2, 0.25) is 15.9 Å². The molecule has 0 radical (unpaired) electrons. The van der Waals surface area contributed by atoms with Crippen LogP contribution in [0.15, 0.2) is 29.2 Å². The van der Waals surface area contributed by atoms with Gasteiger partial charge < -0.3 is 14.4 Å². The molecule has 1 amide bonds. The van der Waals surface area contributed by atoms with Crippen LogP contribution in [0.4, 0.5) is 5.69 Å². The summed E-state index contributed by atoms with van der Waals surface area (Å²) in [5.74, 6) is -1.09. The lowest BCUT2D eigenvalue weighted by molar-refractivity contribution is -0.153. The van der Waals surface area contributed by atoms with Crippen molar-refractivity contribution < 1.29 is 27.5 Å². The molecule has 3 rings (SSSR count). The number of sulfonamides is 1. The first kappa shape index (κ1) is 22.7. The van der Waals surface area contributed by atoms with Crippen molar-refractivity contribution in [3.63, 3.8) is 0 Å². The van der Waals surface area contributed by atoms with E-state index in [0.29, 0.717) is 25.4 Å². The molecule has 1 aromatic rings. The highest BCUT2D eigenvalue weighted by molar-refractivity contribution is 7.89. The highest BCUT2D eigenvalue weighted by Gasteiger charge is 2.36. The maximum absolute atomic E-state index is 12.6. The Labute approximate surface area is 178 Å². The third-order valence-electron chi connectivity index (χ3n) is 5.64. The Morgan fingerprint density at radius 1 is 1.20 bits per heavy atom. The van der Waals surface area contributed by atoms with Crippen molar-refractivity contribution in [2.24, 2.45) is 5.92 Å². The Bertz CT molecular complexity index is 845. The van der Waals surface area contributed by atoms with Gasteiger partial charge in [-0.25, -0.2) is 8.42 Å². The zero-order valence-corrected chi connectivity index (χ0v) is 18.4. The Balaban J connectivity index is 1.61. The molecule has 0 bridgehead atoms. The Morgan fingerprint density at radius 2 is 1.90 bits per heavy atom. The first-order chi connectivity index (χ1) is 14.4. The van der Waals surface area contributed by atoms with E-state index in [4.69, 9.17) is 9.47 Å². The van der Waals surface area contributed by atoms with Gasteiger partial charge in [0, 0.05) is 38.3 Å². The van der Waals surface area contributed by atoms with E-state index in [1.807, 2.05) is 0 Å². The number of ether oxygens (including phenoxy) is 2. The SMILES string of the molecule is CCN(CC)S(=O)(=O)c1ccc(N2CC(C(=O)OCC3CCCCO3)CC2=O)cc1. The first-order valence-corrected chi connectivity index (χ1v) is 12.0. The minimum Gasteiger partial charge on any atom is -0.463 e. The lowest BCUT2D eigenvalue weighted by atomic mass is 10.1. The maximum atomic E-state index is 12.6. The zero-order chi connectivity index (χ0) is 21.7. The van der Waals surface area contributed by atoms with Gasteiger partial charge in [0.1, 0.15) is 6.61 Å². The number of hydrogen-bond acceptors (Lipinski definition) is 6. The molecule has 1 aromatic carbocycles. The number of benzene rings is 1. The van der Waals surface area contributed by atoms with Gasteiger partial charge in [0.15, 0.2) is 0 Å². The van der Waals surface area contributed by atoms with E-state index >= 15 is 0 Å². The molecule has 0 N–H and O–H groups in total. The summed E-state index contributed by atoms with van der Waals surface area (Å²) in [7, 11) is -3.55. The monoisotopic (exact) mass is 438 g/mol. The van der Waals surface area contributed by atoms with E-state index in [-0.39, 0.29) is 42.4 Å². The van der Waals surface area contributed by atoms with Gasteiger partial charge in [-0.2, -0.15) is 4.31 Å². The molecule has 2 aliphatic heterocycles. The van der Waals surface area contributed by atoms with Crippen molar-refractivity contribution in [3.8, 4) is 0 Å². The fourth-order valence-electron chi connectivity index (χ4n) is 3.86. The number of rotatable bonds is 8. The second kappa shape index (κ2) is 9.89. The molecule has 2 aliphatic rings. The summed E-state index contributed by atoms with van der Waals surface area (Å²) < 4.78 is 37.6. The average molecular weight is 439 g/mol. The van der Waals surface area contributed by atoms with E-state index in [1.165, 1.54) is 21.3 Å². The summed E-state index contributed by atoms with van der Waals surface area (Å²) in [4.78, 5) is 26.5. The predicted molar refractivity (Wildman–Crippen MR) is 112 cm³/mol. The van der Waals surface area contributed by atoms with Crippen LogP contribution in [0.25, 0.3) is 0 Å². The van der Waals surface area contributed by atoms with Crippen LogP contribution in [-0.4, -0.2) is 63.6 Å². The largest absolute Gasteiger partial charge is 0.463 e. The zero-order valence-electron chi connectivity index (χ0n) is 17.6. The van der Waals surface area contributed by atoms with Crippen LogP contribution < -0.4 is 4.90 Å². The molecule has 0 spiro atoms. The van der Waals surface area contributed by atoms with Gasteiger partial charge in [-0.15, -0.1) is 0 Å².